The molecule has 1 saturated heterocycles. The Morgan fingerprint density at radius 3 is 3.00 bits per heavy atom. The molecule has 0 radical (unpaired) electrons. The molecular formula is C12H20N2OS. The van der Waals surface area contributed by atoms with Crippen molar-refractivity contribution < 1.29 is 5.11 Å². The molecule has 1 aliphatic heterocycles. The highest BCUT2D eigenvalue weighted by molar-refractivity contribution is 8.00. The molecule has 1 aromatic heterocycles. The third-order valence-corrected chi connectivity index (χ3v) is 4.54. The number of hydrogen-bond acceptors (Lipinski definition) is 3. The van der Waals surface area contributed by atoms with Crippen LogP contribution in [0, 0.1) is 6.92 Å². The fraction of sp³-hybridized carbons (Fsp3) is 0.750. The second-order valence-electron chi connectivity index (χ2n) is 4.82. The maximum Gasteiger partial charge on any atom is 0.0803 e. The fourth-order valence-corrected chi connectivity index (χ4v) is 3.67. The number of rotatable bonds is 3. The van der Waals surface area contributed by atoms with Crippen LogP contribution in [0.1, 0.15) is 31.7 Å². The molecule has 0 spiro atoms. The number of aryl methyl sites for hydroxylation is 2. The normalized spacial score (nSPS) is 29.9. The molecule has 0 aliphatic carbocycles. The summed E-state index contributed by atoms with van der Waals surface area (Å²) in [5.74, 6) is 0.849. The minimum absolute atomic E-state index is 0.524. The van der Waals surface area contributed by atoms with Crippen LogP contribution in [-0.2, 0) is 13.0 Å². The van der Waals surface area contributed by atoms with E-state index in [9.17, 15) is 5.11 Å². The number of nitrogens with zero attached hydrogens (tertiary/aromatic N) is 2. The number of aromatic nitrogens is 2. The van der Waals surface area contributed by atoms with Crippen LogP contribution < -0.4 is 0 Å². The lowest BCUT2D eigenvalue weighted by Crippen LogP contribution is -2.32. The molecule has 0 aromatic carbocycles. The maximum atomic E-state index is 10.5. The average molecular weight is 240 g/mol. The van der Waals surface area contributed by atoms with Gasteiger partial charge in [-0.15, -0.1) is 0 Å². The first-order valence-electron chi connectivity index (χ1n) is 5.90. The Kier molecular flexibility index (Phi) is 3.31. The molecule has 2 rings (SSSR count). The van der Waals surface area contributed by atoms with Crippen molar-refractivity contribution in [2.24, 2.45) is 0 Å². The highest BCUT2D eigenvalue weighted by Gasteiger charge is 2.36. The van der Waals surface area contributed by atoms with E-state index >= 15 is 0 Å². The van der Waals surface area contributed by atoms with Crippen LogP contribution in [0.5, 0.6) is 0 Å². The summed E-state index contributed by atoms with van der Waals surface area (Å²) < 4.78 is 2.00. The summed E-state index contributed by atoms with van der Waals surface area (Å²) in [5.41, 5.74) is 1.68. The largest absolute Gasteiger partial charge is 0.389 e. The highest BCUT2D eigenvalue weighted by atomic mass is 32.2. The van der Waals surface area contributed by atoms with Gasteiger partial charge >= 0.3 is 0 Å². The Bertz CT molecular complexity index is 377. The molecule has 2 heterocycles. The van der Waals surface area contributed by atoms with Gasteiger partial charge in [-0.05, 0) is 26.3 Å². The first-order chi connectivity index (χ1) is 7.52. The van der Waals surface area contributed by atoms with Gasteiger partial charge in [-0.2, -0.15) is 16.9 Å². The van der Waals surface area contributed by atoms with Crippen LogP contribution in [-0.4, -0.2) is 31.5 Å². The van der Waals surface area contributed by atoms with E-state index in [2.05, 4.69) is 25.0 Å². The maximum absolute atomic E-state index is 10.5. The predicted octanol–water partition coefficient (Wildman–Crippen LogP) is 2.01. The van der Waals surface area contributed by atoms with Gasteiger partial charge in [0.05, 0.1) is 11.3 Å². The summed E-state index contributed by atoms with van der Waals surface area (Å²) in [6.45, 7) is 7.16. The minimum atomic E-state index is -0.524. The summed E-state index contributed by atoms with van der Waals surface area (Å²) in [6.07, 6.45) is 1.63. The molecule has 1 fully saturated rings. The molecule has 90 valence electrons. The van der Waals surface area contributed by atoms with Gasteiger partial charge in [-0.3, -0.25) is 4.68 Å². The van der Waals surface area contributed by atoms with E-state index in [0.717, 1.165) is 36.5 Å². The Balaban J connectivity index is 2.14. The Morgan fingerprint density at radius 2 is 2.44 bits per heavy atom. The van der Waals surface area contributed by atoms with Gasteiger partial charge < -0.3 is 5.11 Å². The third kappa shape index (κ3) is 2.43. The van der Waals surface area contributed by atoms with E-state index in [4.69, 9.17) is 0 Å². The van der Waals surface area contributed by atoms with Crippen LogP contribution in [0.15, 0.2) is 6.07 Å². The number of thioether (sulfide) groups is 1. The van der Waals surface area contributed by atoms with Crippen molar-refractivity contribution in [3.8, 4) is 0 Å². The minimum Gasteiger partial charge on any atom is -0.389 e. The van der Waals surface area contributed by atoms with Crippen molar-refractivity contribution in [1.82, 2.24) is 9.78 Å². The van der Waals surface area contributed by atoms with Crippen LogP contribution in [0.3, 0.4) is 0 Å². The molecule has 1 aromatic rings. The van der Waals surface area contributed by atoms with Gasteiger partial charge in [-0.1, -0.05) is 6.92 Å². The average Bonchev–Trinajstić information content (AvgIpc) is 2.70. The smallest absolute Gasteiger partial charge is 0.0803 e. The monoisotopic (exact) mass is 240 g/mol. The second-order valence-corrected chi connectivity index (χ2v) is 6.25. The van der Waals surface area contributed by atoms with Crippen molar-refractivity contribution in [2.75, 3.05) is 5.75 Å². The zero-order valence-corrected chi connectivity index (χ0v) is 11.0. The molecule has 16 heavy (non-hydrogen) atoms. The van der Waals surface area contributed by atoms with E-state index in [1.165, 1.54) is 0 Å². The van der Waals surface area contributed by atoms with Gasteiger partial charge in [0.15, 0.2) is 0 Å². The molecule has 1 N–H and O–H groups in total. The SMILES string of the molecule is CCn1nc(C)cc1CC1(O)CSC(C)C1. The summed E-state index contributed by atoms with van der Waals surface area (Å²) in [4.78, 5) is 0. The van der Waals surface area contributed by atoms with Crippen molar-refractivity contribution in [3.63, 3.8) is 0 Å². The van der Waals surface area contributed by atoms with E-state index in [-0.39, 0.29) is 0 Å². The van der Waals surface area contributed by atoms with Gasteiger partial charge in [-0.25, -0.2) is 0 Å². The zero-order chi connectivity index (χ0) is 11.8. The highest BCUT2D eigenvalue weighted by Crippen LogP contribution is 2.36. The molecule has 1 aliphatic rings. The van der Waals surface area contributed by atoms with Crippen LogP contribution in [0.4, 0.5) is 0 Å². The molecule has 4 heteroatoms. The van der Waals surface area contributed by atoms with Gasteiger partial charge in [0.2, 0.25) is 0 Å². The van der Waals surface area contributed by atoms with Crippen LogP contribution >= 0.6 is 11.8 Å². The van der Waals surface area contributed by atoms with Gasteiger partial charge in [0.1, 0.15) is 0 Å². The lowest BCUT2D eigenvalue weighted by atomic mass is 9.95. The Labute approximate surface area is 101 Å². The molecule has 2 unspecified atom stereocenters. The zero-order valence-electron chi connectivity index (χ0n) is 10.2. The van der Waals surface area contributed by atoms with Crippen LogP contribution in [0.25, 0.3) is 0 Å². The van der Waals surface area contributed by atoms with Crippen molar-refractivity contribution >= 4 is 11.8 Å². The molecule has 0 amide bonds. The predicted molar refractivity (Wildman–Crippen MR) is 67.8 cm³/mol. The Hall–Kier alpha value is -0.480. The van der Waals surface area contributed by atoms with Crippen molar-refractivity contribution in [2.45, 2.75) is 51.0 Å². The van der Waals surface area contributed by atoms with Gasteiger partial charge in [0, 0.05) is 29.7 Å². The summed E-state index contributed by atoms with van der Waals surface area (Å²) in [6, 6.07) is 2.09. The third-order valence-electron chi connectivity index (χ3n) is 3.10. The fourth-order valence-electron chi connectivity index (χ4n) is 2.43. The van der Waals surface area contributed by atoms with E-state index < -0.39 is 5.60 Å². The van der Waals surface area contributed by atoms with E-state index in [1.807, 2.05) is 23.4 Å². The topological polar surface area (TPSA) is 38.0 Å². The van der Waals surface area contributed by atoms with E-state index in [1.54, 1.807) is 0 Å². The van der Waals surface area contributed by atoms with Crippen LogP contribution in [0.2, 0.25) is 0 Å². The lowest BCUT2D eigenvalue weighted by Gasteiger charge is -2.21. The summed E-state index contributed by atoms with van der Waals surface area (Å²) >= 11 is 1.86. The van der Waals surface area contributed by atoms with Gasteiger partial charge in [0.25, 0.3) is 0 Å². The Morgan fingerprint density at radius 1 is 1.69 bits per heavy atom. The lowest BCUT2D eigenvalue weighted by molar-refractivity contribution is 0.0621. The molecule has 2 atom stereocenters. The second kappa shape index (κ2) is 4.41. The quantitative estimate of drug-likeness (QED) is 0.878. The number of aliphatic hydroxyl groups is 1. The standard InChI is InChI=1S/C12H20N2OS/c1-4-14-11(5-9(2)13-14)7-12(15)6-10(3)16-8-12/h5,10,15H,4,6-8H2,1-3H3. The first kappa shape index (κ1) is 12.0. The van der Waals surface area contributed by atoms with Crippen molar-refractivity contribution in [1.29, 1.82) is 0 Å². The van der Waals surface area contributed by atoms with E-state index in [0.29, 0.717) is 5.25 Å². The first-order valence-corrected chi connectivity index (χ1v) is 6.94. The molecule has 0 saturated carbocycles. The molecule has 3 nitrogen and oxygen atoms in total. The molecular weight excluding hydrogens is 220 g/mol. The summed E-state index contributed by atoms with van der Waals surface area (Å²) in [7, 11) is 0. The number of hydrogen-bond donors (Lipinski definition) is 1. The van der Waals surface area contributed by atoms with Crippen molar-refractivity contribution in [3.05, 3.63) is 17.5 Å². The summed E-state index contributed by atoms with van der Waals surface area (Å²) in [5, 5.41) is 15.5. The molecule has 0 bridgehead atoms.